The van der Waals surface area contributed by atoms with E-state index in [1.165, 1.54) is 0 Å². The van der Waals surface area contributed by atoms with Crippen LogP contribution in [0.15, 0.2) is 57.9 Å². The molecule has 0 saturated heterocycles. The first-order valence-electron chi connectivity index (χ1n) is 7.41. The molecule has 2 aromatic rings. The minimum atomic E-state index is -3.53. The van der Waals surface area contributed by atoms with Crippen LogP contribution in [0.3, 0.4) is 0 Å². The second kappa shape index (κ2) is 6.63. The van der Waals surface area contributed by atoms with Gasteiger partial charge in [-0.05, 0) is 58.6 Å². The summed E-state index contributed by atoms with van der Waals surface area (Å²) in [4.78, 5) is 0.320. The van der Waals surface area contributed by atoms with Crippen molar-refractivity contribution in [2.24, 2.45) is 0 Å². The first-order valence-corrected chi connectivity index (χ1v) is 9.65. The smallest absolute Gasteiger partial charge is 0.244 e. The summed E-state index contributed by atoms with van der Waals surface area (Å²) in [6, 6.07) is 14.6. The third kappa shape index (κ3) is 3.59. The summed E-state index contributed by atoms with van der Waals surface area (Å²) >= 11 is 3.35. The van der Waals surface area contributed by atoms with Crippen LogP contribution >= 0.6 is 15.9 Å². The largest absolute Gasteiger partial charge is 0.497 e. The summed E-state index contributed by atoms with van der Waals surface area (Å²) in [5, 5.41) is 0. The maximum Gasteiger partial charge on any atom is 0.244 e. The molecule has 0 radical (unpaired) electrons. The highest BCUT2D eigenvalue weighted by atomic mass is 79.9. The normalized spacial score (nSPS) is 14.9. The van der Waals surface area contributed by atoms with Crippen molar-refractivity contribution >= 4 is 26.0 Å². The molecule has 2 aromatic carbocycles. The van der Waals surface area contributed by atoms with Gasteiger partial charge in [0.05, 0.1) is 12.0 Å². The van der Waals surface area contributed by atoms with E-state index in [0.717, 1.165) is 24.2 Å². The van der Waals surface area contributed by atoms with Crippen LogP contribution in [0.1, 0.15) is 18.4 Å². The average molecular weight is 396 g/mol. The van der Waals surface area contributed by atoms with Crippen LogP contribution in [0.4, 0.5) is 0 Å². The summed E-state index contributed by atoms with van der Waals surface area (Å²) in [6.45, 7) is 0.373. The summed E-state index contributed by atoms with van der Waals surface area (Å²) in [7, 11) is -1.91. The average Bonchev–Trinajstić information content (AvgIpc) is 3.38. The molecule has 0 heterocycles. The van der Waals surface area contributed by atoms with E-state index in [1.54, 1.807) is 29.6 Å². The molecule has 6 heteroatoms. The second-order valence-corrected chi connectivity index (χ2v) is 8.27. The Bertz CT molecular complexity index is 786. The highest BCUT2D eigenvalue weighted by Gasteiger charge is 2.38. The molecule has 0 aliphatic heterocycles. The molecule has 23 heavy (non-hydrogen) atoms. The van der Waals surface area contributed by atoms with Gasteiger partial charge in [0.1, 0.15) is 5.75 Å². The topological polar surface area (TPSA) is 46.6 Å². The standard InChI is InChI=1S/C17H18BrNO3S/c1-22-15-10-6-13(7-11-15)12-19(14-8-9-14)23(20,21)17-5-3-2-4-16(17)18/h2-7,10-11,14H,8-9,12H2,1H3. The van der Waals surface area contributed by atoms with Crippen LogP contribution in [0.2, 0.25) is 0 Å². The number of hydrogen-bond acceptors (Lipinski definition) is 3. The van der Waals surface area contributed by atoms with E-state index in [9.17, 15) is 8.42 Å². The molecule has 0 aromatic heterocycles. The van der Waals surface area contributed by atoms with Crippen LogP contribution in [0.25, 0.3) is 0 Å². The quantitative estimate of drug-likeness (QED) is 0.746. The molecule has 0 atom stereocenters. The van der Waals surface area contributed by atoms with Crippen molar-refractivity contribution in [1.29, 1.82) is 0 Å². The maximum atomic E-state index is 13.0. The predicted molar refractivity (Wildman–Crippen MR) is 92.9 cm³/mol. The summed E-state index contributed by atoms with van der Waals surface area (Å²) in [5.41, 5.74) is 0.952. The van der Waals surface area contributed by atoms with Gasteiger partial charge in [-0.2, -0.15) is 4.31 Å². The lowest BCUT2D eigenvalue weighted by molar-refractivity contribution is 0.397. The van der Waals surface area contributed by atoms with Crippen LogP contribution < -0.4 is 4.74 Å². The lowest BCUT2D eigenvalue weighted by Gasteiger charge is -2.22. The number of rotatable bonds is 6. The second-order valence-electron chi connectivity index (χ2n) is 5.56. The van der Waals surface area contributed by atoms with Crippen molar-refractivity contribution in [2.75, 3.05) is 7.11 Å². The molecule has 0 bridgehead atoms. The molecule has 1 saturated carbocycles. The van der Waals surface area contributed by atoms with E-state index in [4.69, 9.17) is 4.74 Å². The Hall–Kier alpha value is -1.37. The van der Waals surface area contributed by atoms with Gasteiger partial charge in [0.25, 0.3) is 0 Å². The Morgan fingerprint density at radius 1 is 1.13 bits per heavy atom. The Kier molecular flexibility index (Phi) is 4.75. The van der Waals surface area contributed by atoms with Crippen molar-refractivity contribution in [2.45, 2.75) is 30.3 Å². The van der Waals surface area contributed by atoms with Crippen molar-refractivity contribution in [3.63, 3.8) is 0 Å². The number of halogens is 1. The highest BCUT2D eigenvalue weighted by Crippen LogP contribution is 2.35. The molecular formula is C17H18BrNO3S. The minimum Gasteiger partial charge on any atom is -0.497 e. The third-order valence-corrected chi connectivity index (χ3v) is 6.79. The number of nitrogens with zero attached hydrogens (tertiary/aromatic N) is 1. The number of ether oxygens (including phenoxy) is 1. The van der Waals surface area contributed by atoms with Crippen LogP contribution in [0, 0.1) is 0 Å². The molecular weight excluding hydrogens is 378 g/mol. The van der Waals surface area contributed by atoms with Crippen molar-refractivity contribution in [3.05, 3.63) is 58.6 Å². The number of sulfonamides is 1. The van der Waals surface area contributed by atoms with E-state index in [1.807, 2.05) is 30.3 Å². The fourth-order valence-electron chi connectivity index (χ4n) is 2.46. The van der Waals surface area contributed by atoms with Crippen molar-refractivity contribution < 1.29 is 13.2 Å². The summed E-state index contributed by atoms with van der Waals surface area (Å²) in [5.74, 6) is 0.764. The molecule has 0 N–H and O–H groups in total. The molecule has 3 rings (SSSR count). The van der Waals surface area contributed by atoms with Crippen molar-refractivity contribution in [1.82, 2.24) is 4.31 Å². The first kappa shape index (κ1) is 16.5. The van der Waals surface area contributed by atoms with E-state index in [-0.39, 0.29) is 6.04 Å². The van der Waals surface area contributed by atoms with Gasteiger partial charge in [-0.1, -0.05) is 24.3 Å². The number of hydrogen-bond donors (Lipinski definition) is 0. The third-order valence-electron chi connectivity index (χ3n) is 3.87. The van der Waals surface area contributed by atoms with Gasteiger partial charge in [0.2, 0.25) is 10.0 Å². The maximum absolute atomic E-state index is 13.0. The molecule has 1 aliphatic carbocycles. The van der Waals surface area contributed by atoms with Gasteiger partial charge in [0, 0.05) is 17.1 Å². The zero-order chi connectivity index (χ0) is 16.4. The summed E-state index contributed by atoms with van der Waals surface area (Å²) < 4.78 is 33.4. The fourth-order valence-corrected chi connectivity index (χ4v) is 5.10. The number of benzene rings is 2. The Morgan fingerprint density at radius 3 is 2.35 bits per heavy atom. The monoisotopic (exact) mass is 395 g/mol. The van der Waals surface area contributed by atoms with E-state index in [2.05, 4.69) is 15.9 Å². The Balaban J connectivity index is 1.90. The lowest BCUT2D eigenvalue weighted by Crippen LogP contribution is -2.32. The Morgan fingerprint density at radius 2 is 1.78 bits per heavy atom. The van der Waals surface area contributed by atoms with Gasteiger partial charge in [-0.25, -0.2) is 8.42 Å². The zero-order valence-electron chi connectivity index (χ0n) is 12.8. The highest BCUT2D eigenvalue weighted by molar-refractivity contribution is 9.10. The van der Waals surface area contributed by atoms with E-state index < -0.39 is 10.0 Å². The fraction of sp³-hybridized carbons (Fsp3) is 0.294. The first-order chi connectivity index (χ1) is 11.0. The molecule has 4 nitrogen and oxygen atoms in total. The molecule has 122 valence electrons. The van der Waals surface area contributed by atoms with Gasteiger partial charge in [0.15, 0.2) is 0 Å². The zero-order valence-corrected chi connectivity index (χ0v) is 15.2. The van der Waals surface area contributed by atoms with Gasteiger partial charge >= 0.3 is 0 Å². The van der Waals surface area contributed by atoms with Crippen molar-refractivity contribution in [3.8, 4) is 5.75 Å². The van der Waals surface area contributed by atoms with Crippen LogP contribution in [-0.4, -0.2) is 25.9 Å². The van der Waals surface area contributed by atoms with Gasteiger partial charge in [-0.15, -0.1) is 0 Å². The van der Waals surface area contributed by atoms with E-state index in [0.29, 0.717) is 15.9 Å². The molecule has 0 spiro atoms. The molecule has 0 unspecified atom stereocenters. The summed E-state index contributed by atoms with van der Waals surface area (Å²) in [6.07, 6.45) is 1.83. The van der Waals surface area contributed by atoms with Gasteiger partial charge < -0.3 is 4.74 Å². The minimum absolute atomic E-state index is 0.0919. The van der Waals surface area contributed by atoms with E-state index >= 15 is 0 Å². The molecule has 1 fully saturated rings. The molecule has 1 aliphatic rings. The molecule has 0 amide bonds. The SMILES string of the molecule is COc1ccc(CN(C2CC2)S(=O)(=O)c2ccccc2Br)cc1. The van der Waals surface area contributed by atoms with Crippen LogP contribution in [-0.2, 0) is 16.6 Å². The van der Waals surface area contributed by atoms with Crippen LogP contribution in [0.5, 0.6) is 5.75 Å². The Labute approximate surface area is 145 Å². The predicted octanol–water partition coefficient (Wildman–Crippen LogP) is 3.81. The van der Waals surface area contributed by atoms with Gasteiger partial charge in [-0.3, -0.25) is 0 Å². The number of methoxy groups -OCH3 is 1. The lowest BCUT2D eigenvalue weighted by atomic mass is 10.2.